The van der Waals surface area contributed by atoms with Crippen LogP contribution in [0.15, 0.2) is 0 Å². The molecule has 5 nitrogen and oxygen atoms in total. The summed E-state index contributed by atoms with van der Waals surface area (Å²) in [6.45, 7) is 3.90. The molecule has 0 unspecified atom stereocenters. The van der Waals surface area contributed by atoms with Crippen molar-refractivity contribution >= 4 is 11.8 Å². The predicted molar refractivity (Wildman–Crippen MR) is 57.0 cm³/mol. The maximum Gasteiger partial charge on any atom is 0.376 e. The smallest absolute Gasteiger partial charge is 0.376 e. The van der Waals surface area contributed by atoms with Crippen LogP contribution in [0.2, 0.25) is 0 Å². The van der Waals surface area contributed by atoms with Crippen molar-refractivity contribution in [3.63, 3.8) is 0 Å². The Morgan fingerprint density at radius 2 is 2.13 bits per heavy atom. The number of hydrogen-bond acceptors (Lipinski definition) is 5. The van der Waals surface area contributed by atoms with Gasteiger partial charge in [-0.1, -0.05) is 6.92 Å². The van der Waals surface area contributed by atoms with Crippen LogP contribution in [0.25, 0.3) is 0 Å². The molecule has 1 N–H and O–H groups in total. The topological polar surface area (TPSA) is 64.1 Å². The third kappa shape index (κ3) is 2.23. The third-order valence-electron chi connectivity index (χ3n) is 2.19. The van der Waals surface area contributed by atoms with Crippen LogP contribution < -0.4 is 5.32 Å². The number of anilines is 1. The van der Waals surface area contributed by atoms with Gasteiger partial charge in [-0.25, -0.2) is 14.8 Å². The van der Waals surface area contributed by atoms with E-state index in [9.17, 15) is 4.79 Å². The van der Waals surface area contributed by atoms with Crippen molar-refractivity contribution in [1.82, 2.24) is 9.97 Å². The number of hydrogen-bond donors (Lipinski definition) is 1. The zero-order chi connectivity index (χ0) is 11.4. The summed E-state index contributed by atoms with van der Waals surface area (Å²) in [5.74, 6) is 0.257. The molecule has 15 heavy (non-hydrogen) atoms. The normalized spacial score (nSPS) is 9.87. The van der Waals surface area contributed by atoms with Crippen molar-refractivity contribution in [2.75, 3.05) is 19.5 Å². The largest absolute Gasteiger partial charge is 0.463 e. The maximum absolute atomic E-state index is 11.3. The Morgan fingerprint density at radius 1 is 1.47 bits per heavy atom. The second-order valence-corrected chi connectivity index (χ2v) is 3.06. The number of nitrogens with zero attached hydrogens (tertiary/aromatic N) is 2. The van der Waals surface area contributed by atoms with Gasteiger partial charge in [0.25, 0.3) is 0 Å². The van der Waals surface area contributed by atoms with Gasteiger partial charge in [0.2, 0.25) is 5.82 Å². The number of rotatable bonds is 3. The lowest BCUT2D eigenvalue weighted by Gasteiger charge is -2.09. The highest BCUT2D eigenvalue weighted by Crippen LogP contribution is 2.15. The average Bonchev–Trinajstić information content (AvgIpc) is 2.28. The van der Waals surface area contributed by atoms with Crippen LogP contribution in [0.3, 0.4) is 0 Å². The fourth-order valence-electron chi connectivity index (χ4n) is 1.33. The second-order valence-electron chi connectivity index (χ2n) is 3.06. The van der Waals surface area contributed by atoms with Crippen LogP contribution in [0, 0.1) is 6.92 Å². The van der Waals surface area contributed by atoms with Crippen molar-refractivity contribution in [2.24, 2.45) is 0 Å². The maximum atomic E-state index is 11.3. The number of aromatic nitrogens is 2. The Bertz CT molecular complexity index is 352. The Labute approximate surface area is 88.9 Å². The van der Waals surface area contributed by atoms with Crippen molar-refractivity contribution in [3.8, 4) is 0 Å². The molecule has 0 aliphatic rings. The van der Waals surface area contributed by atoms with E-state index >= 15 is 0 Å². The second kappa shape index (κ2) is 4.72. The molecule has 1 heterocycles. The molecule has 1 rings (SSSR count). The number of aryl methyl sites for hydroxylation is 1. The van der Waals surface area contributed by atoms with Crippen LogP contribution in [0.4, 0.5) is 5.82 Å². The number of esters is 1. The summed E-state index contributed by atoms with van der Waals surface area (Å²) in [4.78, 5) is 19.5. The van der Waals surface area contributed by atoms with E-state index in [2.05, 4.69) is 20.0 Å². The van der Waals surface area contributed by atoms with Gasteiger partial charge in [-0.2, -0.15) is 0 Å². The Morgan fingerprint density at radius 3 is 2.60 bits per heavy atom. The predicted octanol–water partition coefficient (Wildman–Crippen LogP) is 1.18. The molecule has 0 radical (unpaired) electrons. The van der Waals surface area contributed by atoms with Crippen molar-refractivity contribution in [2.45, 2.75) is 20.3 Å². The molecule has 0 aliphatic carbocycles. The van der Waals surface area contributed by atoms with Gasteiger partial charge < -0.3 is 10.1 Å². The van der Waals surface area contributed by atoms with Gasteiger partial charge in [0.15, 0.2) is 0 Å². The van der Waals surface area contributed by atoms with E-state index < -0.39 is 5.97 Å². The minimum absolute atomic E-state index is 0.101. The fraction of sp³-hybridized carbons (Fsp3) is 0.500. The van der Waals surface area contributed by atoms with E-state index in [4.69, 9.17) is 0 Å². The van der Waals surface area contributed by atoms with E-state index in [1.807, 2.05) is 13.8 Å². The Balaban J connectivity index is 3.26. The van der Waals surface area contributed by atoms with E-state index in [1.54, 1.807) is 7.05 Å². The molecule has 1 aromatic heterocycles. The van der Waals surface area contributed by atoms with Crippen LogP contribution >= 0.6 is 0 Å². The third-order valence-corrected chi connectivity index (χ3v) is 2.19. The fourth-order valence-corrected chi connectivity index (χ4v) is 1.33. The molecule has 1 aromatic rings. The van der Waals surface area contributed by atoms with E-state index in [0.717, 1.165) is 17.7 Å². The molecule has 0 aromatic carbocycles. The van der Waals surface area contributed by atoms with E-state index in [1.165, 1.54) is 7.11 Å². The number of methoxy groups -OCH3 is 1. The SMILES string of the molecule is CCc1nc(C(=O)OC)nc(NC)c1C. The molecular weight excluding hydrogens is 194 g/mol. The highest BCUT2D eigenvalue weighted by atomic mass is 16.5. The van der Waals surface area contributed by atoms with Gasteiger partial charge in [-0.05, 0) is 13.3 Å². The molecule has 0 amide bonds. The first-order chi connectivity index (χ1) is 7.13. The highest BCUT2D eigenvalue weighted by molar-refractivity contribution is 5.85. The Hall–Kier alpha value is -1.65. The van der Waals surface area contributed by atoms with Gasteiger partial charge in [0.05, 0.1) is 7.11 Å². The summed E-state index contributed by atoms with van der Waals surface area (Å²) < 4.78 is 4.58. The lowest BCUT2D eigenvalue weighted by atomic mass is 10.2. The van der Waals surface area contributed by atoms with Gasteiger partial charge in [0.1, 0.15) is 5.82 Å². The molecule has 0 fully saturated rings. The summed E-state index contributed by atoms with van der Waals surface area (Å²) in [5, 5.41) is 2.93. The highest BCUT2D eigenvalue weighted by Gasteiger charge is 2.14. The first kappa shape index (κ1) is 11.4. The Kier molecular flexibility index (Phi) is 3.60. The summed E-state index contributed by atoms with van der Waals surface area (Å²) >= 11 is 0. The summed E-state index contributed by atoms with van der Waals surface area (Å²) in [7, 11) is 3.08. The first-order valence-corrected chi connectivity index (χ1v) is 4.77. The lowest BCUT2D eigenvalue weighted by Crippen LogP contribution is -2.12. The summed E-state index contributed by atoms with van der Waals surface area (Å²) in [6.07, 6.45) is 0.757. The van der Waals surface area contributed by atoms with Gasteiger partial charge in [-0.15, -0.1) is 0 Å². The lowest BCUT2D eigenvalue weighted by molar-refractivity contribution is 0.0586. The van der Waals surface area contributed by atoms with Crippen molar-refractivity contribution in [1.29, 1.82) is 0 Å². The molecule has 0 saturated heterocycles. The average molecular weight is 209 g/mol. The van der Waals surface area contributed by atoms with Gasteiger partial charge in [-0.3, -0.25) is 0 Å². The first-order valence-electron chi connectivity index (χ1n) is 4.77. The molecule has 5 heteroatoms. The molecule has 82 valence electrons. The quantitative estimate of drug-likeness (QED) is 0.757. The summed E-state index contributed by atoms with van der Waals surface area (Å²) in [6, 6.07) is 0. The number of nitrogens with one attached hydrogen (secondary N) is 1. The zero-order valence-corrected chi connectivity index (χ0v) is 9.42. The monoisotopic (exact) mass is 209 g/mol. The molecule has 0 bridgehead atoms. The number of ether oxygens (including phenoxy) is 1. The minimum atomic E-state index is -0.513. The van der Waals surface area contributed by atoms with Crippen molar-refractivity contribution in [3.05, 3.63) is 17.1 Å². The van der Waals surface area contributed by atoms with E-state index in [-0.39, 0.29) is 5.82 Å². The van der Waals surface area contributed by atoms with Crippen LogP contribution in [-0.2, 0) is 11.2 Å². The standard InChI is InChI=1S/C10H15N3O2/c1-5-7-6(2)8(11-3)13-9(12-7)10(14)15-4/h5H2,1-4H3,(H,11,12,13). The van der Waals surface area contributed by atoms with Crippen LogP contribution in [0.1, 0.15) is 28.8 Å². The number of carbonyl (C=O) groups excluding carboxylic acids is 1. The van der Waals surface area contributed by atoms with Crippen LogP contribution in [0.5, 0.6) is 0 Å². The molecule has 0 spiro atoms. The van der Waals surface area contributed by atoms with Gasteiger partial charge >= 0.3 is 5.97 Å². The molecule has 0 aliphatic heterocycles. The molecule has 0 saturated carbocycles. The number of carbonyl (C=O) groups is 1. The van der Waals surface area contributed by atoms with Crippen molar-refractivity contribution < 1.29 is 9.53 Å². The minimum Gasteiger partial charge on any atom is -0.463 e. The van der Waals surface area contributed by atoms with Crippen LogP contribution in [-0.4, -0.2) is 30.1 Å². The zero-order valence-electron chi connectivity index (χ0n) is 9.42. The summed E-state index contributed by atoms with van der Waals surface area (Å²) in [5.41, 5.74) is 1.82. The molecule has 0 atom stereocenters. The van der Waals surface area contributed by atoms with Gasteiger partial charge in [0, 0.05) is 18.3 Å². The molecular formula is C10H15N3O2. The van der Waals surface area contributed by atoms with E-state index in [0.29, 0.717) is 5.82 Å².